The predicted octanol–water partition coefficient (Wildman–Crippen LogP) is 2.28. The molecule has 0 bridgehead atoms. The molecule has 0 radical (unpaired) electrons. The quantitative estimate of drug-likeness (QED) is 0.873. The normalized spacial score (nSPS) is 14.8. The third kappa shape index (κ3) is 2.90. The monoisotopic (exact) mass is 302 g/mol. The molecule has 0 saturated heterocycles. The molecule has 0 aliphatic carbocycles. The van der Waals surface area contributed by atoms with Crippen molar-refractivity contribution in [2.45, 2.75) is 0 Å². The molecule has 3 rings (SSSR count). The molecule has 0 atom stereocenters. The fourth-order valence-electron chi connectivity index (χ4n) is 2.10. The van der Waals surface area contributed by atoms with Gasteiger partial charge in [0.1, 0.15) is 12.3 Å². The molecular formula is C15H14N2O3S. The van der Waals surface area contributed by atoms with Gasteiger partial charge in [0.25, 0.3) is 10.0 Å². The smallest absolute Gasteiger partial charge is 0.257 e. The molecule has 0 amide bonds. The molecule has 1 aliphatic rings. The van der Waals surface area contributed by atoms with E-state index in [0.29, 0.717) is 18.2 Å². The molecule has 0 spiro atoms. The van der Waals surface area contributed by atoms with Crippen molar-refractivity contribution < 1.29 is 13.2 Å². The second-order valence-corrected chi connectivity index (χ2v) is 6.25. The van der Waals surface area contributed by atoms with Gasteiger partial charge in [0.05, 0.1) is 12.0 Å². The first-order chi connectivity index (χ1) is 10.2. The van der Waals surface area contributed by atoms with Crippen LogP contribution in [0.5, 0.6) is 5.88 Å². The Bertz CT molecular complexity index is 757. The van der Waals surface area contributed by atoms with E-state index in [2.05, 4.69) is 4.98 Å². The second kappa shape index (κ2) is 5.57. The summed E-state index contributed by atoms with van der Waals surface area (Å²) >= 11 is 0. The van der Waals surface area contributed by atoms with Gasteiger partial charge in [0, 0.05) is 6.20 Å². The lowest BCUT2D eigenvalue weighted by Gasteiger charge is -2.28. The Morgan fingerprint density at radius 3 is 2.76 bits per heavy atom. The van der Waals surface area contributed by atoms with Gasteiger partial charge < -0.3 is 4.74 Å². The van der Waals surface area contributed by atoms with Crippen LogP contribution in [0.25, 0.3) is 6.08 Å². The van der Waals surface area contributed by atoms with Crippen molar-refractivity contribution >= 4 is 21.8 Å². The molecule has 108 valence electrons. The van der Waals surface area contributed by atoms with E-state index in [1.165, 1.54) is 9.71 Å². The molecule has 0 unspecified atom stereocenters. The Morgan fingerprint density at radius 2 is 1.95 bits per heavy atom. The van der Waals surface area contributed by atoms with Gasteiger partial charge in [0.2, 0.25) is 5.88 Å². The highest BCUT2D eigenvalue weighted by molar-refractivity contribution is 7.95. The van der Waals surface area contributed by atoms with E-state index in [-0.39, 0.29) is 6.54 Å². The number of hydrogen-bond acceptors (Lipinski definition) is 4. The Morgan fingerprint density at radius 1 is 1.14 bits per heavy atom. The molecular weight excluding hydrogens is 288 g/mol. The van der Waals surface area contributed by atoms with Crippen LogP contribution in [-0.2, 0) is 10.0 Å². The average molecular weight is 302 g/mol. The molecule has 0 saturated carbocycles. The van der Waals surface area contributed by atoms with Crippen LogP contribution in [0, 0.1) is 0 Å². The van der Waals surface area contributed by atoms with Crippen molar-refractivity contribution in [3.05, 3.63) is 59.6 Å². The highest BCUT2D eigenvalue weighted by Crippen LogP contribution is 2.31. The molecule has 6 heteroatoms. The van der Waals surface area contributed by atoms with Gasteiger partial charge in [0.15, 0.2) is 0 Å². The van der Waals surface area contributed by atoms with Crippen molar-refractivity contribution in [1.82, 2.24) is 4.98 Å². The third-order valence-electron chi connectivity index (χ3n) is 3.09. The van der Waals surface area contributed by atoms with Gasteiger partial charge in [-0.25, -0.2) is 13.4 Å². The largest absolute Gasteiger partial charge is 0.474 e. The zero-order chi connectivity index (χ0) is 14.7. The van der Waals surface area contributed by atoms with Crippen LogP contribution < -0.4 is 9.04 Å². The highest BCUT2D eigenvalue weighted by Gasteiger charge is 2.27. The van der Waals surface area contributed by atoms with E-state index < -0.39 is 10.0 Å². The van der Waals surface area contributed by atoms with Crippen molar-refractivity contribution in [3.63, 3.8) is 0 Å². The highest BCUT2D eigenvalue weighted by atomic mass is 32.2. The Balaban J connectivity index is 1.91. The van der Waals surface area contributed by atoms with Crippen LogP contribution in [0.4, 0.5) is 5.69 Å². The topological polar surface area (TPSA) is 59.5 Å². The molecule has 5 nitrogen and oxygen atoms in total. The molecule has 2 heterocycles. The summed E-state index contributed by atoms with van der Waals surface area (Å²) in [5.74, 6) is 0.348. The van der Waals surface area contributed by atoms with Gasteiger partial charge in [-0.3, -0.25) is 4.31 Å². The maximum atomic E-state index is 12.5. The zero-order valence-corrected chi connectivity index (χ0v) is 12.0. The van der Waals surface area contributed by atoms with Crippen molar-refractivity contribution in [3.8, 4) is 5.88 Å². The van der Waals surface area contributed by atoms with Gasteiger partial charge in [-0.2, -0.15) is 0 Å². The third-order valence-corrected chi connectivity index (χ3v) is 4.57. The first-order valence-corrected chi connectivity index (χ1v) is 8.01. The Hall–Kier alpha value is -2.34. The lowest BCUT2D eigenvalue weighted by Crippen LogP contribution is -2.36. The molecule has 0 fully saturated rings. The molecule has 2 aromatic rings. The molecule has 1 aliphatic heterocycles. The Kier molecular flexibility index (Phi) is 3.62. The number of pyridine rings is 1. The molecule has 1 aromatic carbocycles. The summed E-state index contributed by atoms with van der Waals surface area (Å²) in [4.78, 5) is 4.05. The number of ether oxygens (including phenoxy) is 1. The minimum atomic E-state index is -3.56. The number of benzene rings is 1. The summed E-state index contributed by atoms with van der Waals surface area (Å²) < 4.78 is 31.6. The van der Waals surface area contributed by atoms with Gasteiger partial charge >= 0.3 is 0 Å². The summed E-state index contributed by atoms with van der Waals surface area (Å²) in [5, 5.41) is 1.21. The van der Waals surface area contributed by atoms with E-state index in [9.17, 15) is 8.42 Å². The van der Waals surface area contributed by atoms with Gasteiger partial charge in [-0.15, -0.1) is 0 Å². The van der Waals surface area contributed by atoms with Crippen LogP contribution in [0.3, 0.4) is 0 Å². The van der Waals surface area contributed by atoms with Gasteiger partial charge in [-0.05, 0) is 23.8 Å². The minimum Gasteiger partial charge on any atom is -0.474 e. The number of sulfonamides is 1. The minimum absolute atomic E-state index is 0.278. The molecule has 21 heavy (non-hydrogen) atoms. The number of rotatable bonds is 3. The lowest BCUT2D eigenvalue weighted by atomic mass is 10.2. The standard InChI is InChI=1S/C15H14N2O3S/c18-21(19,12-8-13-5-2-1-3-6-13)17-10-11-20-15-14(17)7-4-9-16-15/h1-9,12H,10-11H2. The van der Waals surface area contributed by atoms with Crippen LogP contribution in [0.1, 0.15) is 5.56 Å². The van der Waals surface area contributed by atoms with E-state index in [1.807, 2.05) is 30.3 Å². The zero-order valence-electron chi connectivity index (χ0n) is 11.2. The van der Waals surface area contributed by atoms with E-state index in [0.717, 1.165) is 5.56 Å². The van der Waals surface area contributed by atoms with Crippen LogP contribution in [0.2, 0.25) is 0 Å². The summed E-state index contributed by atoms with van der Waals surface area (Å²) in [6.45, 7) is 0.572. The number of nitrogens with zero attached hydrogens (tertiary/aromatic N) is 2. The number of anilines is 1. The van der Waals surface area contributed by atoms with Crippen molar-refractivity contribution in [2.24, 2.45) is 0 Å². The van der Waals surface area contributed by atoms with Crippen LogP contribution in [0.15, 0.2) is 54.1 Å². The van der Waals surface area contributed by atoms with E-state index in [4.69, 9.17) is 4.74 Å². The van der Waals surface area contributed by atoms with Crippen molar-refractivity contribution in [1.29, 1.82) is 0 Å². The van der Waals surface area contributed by atoms with E-state index in [1.54, 1.807) is 24.4 Å². The maximum Gasteiger partial charge on any atom is 0.257 e. The average Bonchev–Trinajstić information content (AvgIpc) is 2.53. The SMILES string of the molecule is O=S(=O)(C=Cc1ccccc1)N1CCOc2ncccc21. The lowest BCUT2D eigenvalue weighted by molar-refractivity contribution is 0.303. The van der Waals surface area contributed by atoms with E-state index >= 15 is 0 Å². The van der Waals surface area contributed by atoms with Gasteiger partial charge in [-0.1, -0.05) is 30.3 Å². The fourth-order valence-corrected chi connectivity index (χ4v) is 3.31. The summed E-state index contributed by atoms with van der Waals surface area (Å²) in [6, 6.07) is 12.7. The first-order valence-electron chi connectivity index (χ1n) is 6.50. The van der Waals surface area contributed by atoms with Crippen LogP contribution >= 0.6 is 0 Å². The maximum absolute atomic E-state index is 12.5. The number of fused-ring (bicyclic) bond motifs is 1. The molecule has 0 N–H and O–H groups in total. The van der Waals surface area contributed by atoms with Crippen LogP contribution in [-0.4, -0.2) is 26.6 Å². The van der Waals surface area contributed by atoms with Crippen molar-refractivity contribution in [2.75, 3.05) is 17.5 Å². The second-order valence-electron chi connectivity index (χ2n) is 4.51. The molecule has 1 aromatic heterocycles. The summed E-state index contributed by atoms with van der Waals surface area (Å²) in [7, 11) is -3.56. The Labute approximate surface area is 123 Å². The summed E-state index contributed by atoms with van der Waals surface area (Å²) in [5.41, 5.74) is 1.31. The summed E-state index contributed by atoms with van der Waals surface area (Å²) in [6.07, 6.45) is 3.16. The first kappa shape index (κ1) is 13.6. The predicted molar refractivity (Wildman–Crippen MR) is 81.5 cm³/mol. The number of hydrogen-bond donors (Lipinski definition) is 0. The number of aromatic nitrogens is 1. The fraction of sp³-hybridized carbons (Fsp3) is 0.133.